The van der Waals surface area contributed by atoms with Gasteiger partial charge in [0.25, 0.3) is 5.91 Å². The second-order valence-corrected chi connectivity index (χ2v) is 4.36. The zero-order valence-electron chi connectivity index (χ0n) is 8.79. The maximum atomic E-state index is 11.3. The number of nitrogens with two attached hydrogens (primary N) is 1. The summed E-state index contributed by atoms with van der Waals surface area (Å²) in [6.45, 7) is 2.06. The Morgan fingerprint density at radius 2 is 2.31 bits per heavy atom. The second kappa shape index (κ2) is 3.64. The predicted molar refractivity (Wildman–Crippen MR) is 59.4 cm³/mol. The number of halogens is 1. The maximum Gasteiger partial charge on any atom is 0.254 e. The van der Waals surface area contributed by atoms with E-state index in [2.05, 4.69) is 0 Å². The molecule has 1 atom stereocenters. The molecule has 0 saturated carbocycles. The van der Waals surface area contributed by atoms with Crippen LogP contribution in [0.25, 0.3) is 0 Å². The van der Waals surface area contributed by atoms with E-state index in [4.69, 9.17) is 22.1 Å². The van der Waals surface area contributed by atoms with Gasteiger partial charge in [-0.2, -0.15) is 0 Å². The van der Waals surface area contributed by atoms with Crippen LogP contribution in [0.1, 0.15) is 17.5 Å². The van der Waals surface area contributed by atoms with Crippen molar-refractivity contribution in [2.45, 2.75) is 18.9 Å². The Hall–Kier alpha value is -1.26. The van der Waals surface area contributed by atoms with Gasteiger partial charge in [-0.3, -0.25) is 4.79 Å². The Morgan fingerprint density at radius 1 is 1.62 bits per heavy atom. The Kier molecular flexibility index (Phi) is 2.56. The predicted octanol–water partition coefficient (Wildman–Crippen LogP) is 1.10. The number of amides is 1. The van der Waals surface area contributed by atoms with Crippen LogP contribution in [0.2, 0.25) is 5.02 Å². The summed E-state index contributed by atoms with van der Waals surface area (Å²) in [5.41, 5.74) is 4.69. The molecule has 4 nitrogen and oxygen atoms in total. The summed E-state index contributed by atoms with van der Waals surface area (Å²) in [5.74, 6) is -0.282. The average Bonchev–Trinajstić information content (AvgIpc) is 2.19. The van der Waals surface area contributed by atoms with Gasteiger partial charge < -0.3 is 15.6 Å². The molecule has 3 N–H and O–H groups in total. The number of primary amides is 1. The van der Waals surface area contributed by atoms with Crippen LogP contribution in [0.5, 0.6) is 5.75 Å². The topological polar surface area (TPSA) is 72.6 Å². The minimum absolute atomic E-state index is 0.148. The first-order valence-electron chi connectivity index (χ1n) is 4.91. The minimum Gasteiger partial charge on any atom is -0.493 e. The Morgan fingerprint density at radius 3 is 2.94 bits per heavy atom. The highest BCUT2D eigenvalue weighted by Gasteiger charge is 2.42. The molecule has 1 aromatic carbocycles. The zero-order valence-corrected chi connectivity index (χ0v) is 9.54. The number of aliphatic hydroxyl groups is 1. The first kappa shape index (κ1) is 11.2. The fraction of sp³-hybridized carbons (Fsp3) is 0.364. The van der Waals surface area contributed by atoms with E-state index in [-0.39, 0.29) is 13.0 Å². The first-order valence-corrected chi connectivity index (χ1v) is 5.28. The summed E-state index contributed by atoms with van der Waals surface area (Å²) in [4.78, 5) is 11.3. The van der Waals surface area contributed by atoms with E-state index in [0.29, 0.717) is 16.3 Å². The highest BCUT2D eigenvalue weighted by atomic mass is 35.5. The Labute approximate surface area is 98.0 Å². The van der Waals surface area contributed by atoms with Gasteiger partial charge in [-0.1, -0.05) is 11.6 Å². The van der Waals surface area contributed by atoms with Crippen molar-refractivity contribution in [1.29, 1.82) is 0 Å². The van der Waals surface area contributed by atoms with Crippen LogP contribution in [0.3, 0.4) is 0 Å². The van der Waals surface area contributed by atoms with Crippen molar-refractivity contribution in [3.63, 3.8) is 0 Å². The molecule has 0 aromatic heterocycles. The Balaban J connectivity index is 2.67. The van der Waals surface area contributed by atoms with E-state index in [1.165, 1.54) is 6.07 Å². The van der Waals surface area contributed by atoms with Crippen molar-refractivity contribution in [2.24, 2.45) is 5.73 Å². The van der Waals surface area contributed by atoms with Crippen molar-refractivity contribution in [1.82, 2.24) is 0 Å². The van der Waals surface area contributed by atoms with Crippen LogP contribution >= 0.6 is 11.6 Å². The van der Waals surface area contributed by atoms with Gasteiger partial charge in [0.05, 0.1) is 6.61 Å². The molecule has 0 radical (unpaired) electrons. The second-order valence-electron chi connectivity index (χ2n) is 3.92. The van der Waals surface area contributed by atoms with Crippen LogP contribution < -0.4 is 10.5 Å². The number of fused-ring (bicyclic) bond motifs is 1. The van der Waals surface area contributed by atoms with Gasteiger partial charge in [0.15, 0.2) is 5.60 Å². The number of benzene rings is 1. The molecular weight excluding hydrogens is 230 g/mol. The van der Waals surface area contributed by atoms with Crippen molar-refractivity contribution < 1.29 is 14.6 Å². The SMILES string of the molecule is Cc1cc(Cl)cc2c1OCCC2(O)C(N)=O. The number of carbonyl (C=O) groups excluding carboxylic acids is 1. The molecule has 1 aliphatic heterocycles. The van der Waals surface area contributed by atoms with Gasteiger partial charge in [0, 0.05) is 17.0 Å². The average molecular weight is 242 g/mol. The van der Waals surface area contributed by atoms with Crippen molar-refractivity contribution in [2.75, 3.05) is 6.61 Å². The normalized spacial score (nSPS) is 23.4. The van der Waals surface area contributed by atoms with Gasteiger partial charge in [-0.15, -0.1) is 0 Å². The standard InChI is InChI=1S/C11H12ClNO3/c1-6-4-7(12)5-8-9(6)16-3-2-11(8,15)10(13)14/h4-5,15H,2-3H2,1H3,(H2,13,14). The minimum atomic E-state index is -1.68. The molecule has 1 amide bonds. The fourth-order valence-electron chi connectivity index (χ4n) is 1.92. The maximum absolute atomic E-state index is 11.3. The first-order chi connectivity index (χ1) is 7.45. The molecule has 16 heavy (non-hydrogen) atoms. The molecule has 1 heterocycles. The third kappa shape index (κ3) is 1.54. The summed E-state index contributed by atoms with van der Waals surface area (Å²) >= 11 is 5.90. The fourth-order valence-corrected chi connectivity index (χ4v) is 2.19. The van der Waals surface area contributed by atoms with Gasteiger partial charge in [0.1, 0.15) is 5.75 Å². The molecule has 1 aliphatic rings. The van der Waals surface area contributed by atoms with Crippen molar-refractivity contribution in [3.05, 3.63) is 28.3 Å². The lowest BCUT2D eigenvalue weighted by atomic mass is 9.86. The number of aryl methyl sites for hydroxylation is 1. The summed E-state index contributed by atoms with van der Waals surface area (Å²) in [7, 11) is 0. The van der Waals surface area contributed by atoms with E-state index >= 15 is 0 Å². The molecule has 1 aromatic rings. The lowest BCUT2D eigenvalue weighted by Crippen LogP contribution is -2.44. The van der Waals surface area contributed by atoms with E-state index < -0.39 is 11.5 Å². The van der Waals surface area contributed by atoms with Crippen LogP contribution in [0.4, 0.5) is 0 Å². The smallest absolute Gasteiger partial charge is 0.254 e. The largest absolute Gasteiger partial charge is 0.493 e. The third-order valence-electron chi connectivity index (χ3n) is 2.80. The van der Waals surface area contributed by atoms with Crippen molar-refractivity contribution in [3.8, 4) is 5.75 Å². The van der Waals surface area contributed by atoms with Crippen LogP contribution in [0.15, 0.2) is 12.1 Å². The van der Waals surface area contributed by atoms with Crippen LogP contribution in [0, 0.1) is 6.92 Å². The van der Waals surface area contributed by atoms with E-state index in [1.54, 1.807) is 13.0 Å². The lowest BCUT2D eigenvalue weighted by molar-refractivity contribution is -0.140. The molecule has 0 saturated heterocycles. The summed E-state index contributed by atoms with van der Waals surface area (Å²) in [6, 6.07) is 3.24. The van der Waals surface area contributed by atoms with Gasteiger partial charge in [-0.05, 0) is 24.6 Å². The molecule has 2 rings (SSSR count). The number of hydrogen-bond donors (Lipinski definition) is 2. The van der Waals surface area contributed by atoms with Gasteiger partial charge >= 0.3 is 0 Å². The van der Waals surface area contributed by atoms with Crippen LogP contribution in [-0.4, -0.2) is 17.6 Å². The molecule has 1 unspecified atom stereocenters. The molecular formula is C11H12ClNO3. The van der Waals surface area contributed by atoms with Gasteiger partial charge in [0.2, 0.25) is 0 Å². The van der Waals surface area contributed by atoms with E-state index in [9.17, 15) is 9.90 Å². The molecule has 0 bridgehead atoms. The molecule has 5 heteroatoms. The quantitative estimate of drug-likeness (QED) is 0.774. The highest BCUT2D eigenvalue weighted by molar-refractivity contribution is 6.30. The lowest BCUT2D eigenvalue weighted by Gasteiger charge is -2.32. The Bertz CT molecular complexity index is 461. The van der Waals surface area contributed by atoms with Gasteiger partial charge in [-0.25, -0.2) is 0 Å². The third-order valence-corrected chi connectivity index (χ3v) is 3.02. The van der Waals surface area contributed by atoms with E-state index in [1.807, 2.05) is 0 Å². The number of carbonyl (C=O) groups is 1. The summed E-state index contributed by atoms with van der Waals surface area (Å²) < 4.78 is 5.43. The molecule has 0 spiro atoms. The summed E-state index contributed by atoms with van der Waals surface area (Å²) in [5, 5.41) is 10.7. The molecule has 0 fully saturated rings. The molecule has 86 valence electrons. The summed E-state index contributed by atoms with van der Waals surface area (Å²) in [6.07, 6.45) is 0.148. The van der Waals surface area contributed by atoms with Crippen LogP contribution in [-0.2, 0) is 10.4 Å². The number of rotatable bonds is 1. The van der Waals surface area contributed by atoms with Crippen molar-refractivity contribution >= 4 is 17.5 Å². The molecule has 0 aliphatic carbocycles. The zero-order chi connectivity index (χ0) is 11.9. The van der Waals surface area contributed by atoms with E-state index in [0.717, 1.165) is 5.56 Å². The monoisotopic (exact) mass is 241 g/mol. The number of ether oxygens (including phenoxy) is 1. The highest BCUT2D eigenvalue weighted by Crippen LogP contribution is 2.40. The number of hydrogen-bond acceptors (Lipinski definition) is 3.